The predicted octanol–water partition coefficient (Wildman–Crippen LogP) is 0.352. The molecular formula is C12H18N2O4. The summed E-state index contributed by atoms with van der Waals surface area (Å²) < 4.78 is 10.4. The summed E-state index contributed by atoms with van der Waals surface area (Å²) >= 11 is 0. The van der Waals surface area contributed by atoms with Gasteiger partial charge in [0.05, 0.1) is 19.8 Å². The van der Waals surface area contributed by atoms with E-state index in [0.717, 1.165) is 0 Å². The van der Waals surface area contributed by atoms with Crippen LogP contribution in [0.1, 0.15) is 6.92 Å². The number of methoxy groups -OCH3 is 1. The van der Waals surface area contributed by atoms with E-state index in [1.807, 2.05) is 0 Å². The molecule has 0 heterocycles. The number of nitrogens with two attached hydrogens (primary N) is 1. The number of amides is 1. The molecule has 100 valence electrons. The fourth-order valence-electron chi connectivity index (χ4n) is 1.28. The number of anilines is 1. The van der Waals surface area contributed by atoms with Crippen LogP contribution in [0.2, 0.25) is 0 Å². The first kappa shape index (κ1) is 14.3. The van der Waals surface area contributed by atoms with Crippen molar-refractivity contribution in [2.75, 3.05) is 25.6 Å². The Kier molecular flexibility index (Phi) is 5.41. The number of aliphatic hydroxyl groups is 1. The molecule has 6 nitrogen and oxygen atoms in total. The zero-order valence-electron chi connectivity index (χ0n) is 10.5. The monoisotopic (exact) mass is 254 g/mol. The second-order valence-corrected chi connectivity index (χ2v) is 3.72. The van der Waals surface area contributed by atoms with Crippen molar-refractivity contribution in [1.82, 2.24) is 0 Å². The number of rotatable bonds is 6. The van der Waals surface area contributed by atoms with Gasteiger partial charge >= 0.3 is 0 Å². The summed E-state index contributed by atoms with van der Waals surface area (Å²) in [5.74, 6) is 0.699. The minimum absolute atomic E-state index is 0.0976. The molecule has 0 spiro atoms. The predicted molar refractivity (Wildman–Crippen MR) is 67.9 cm³/mol. The zero-order valence-corrected chi connectivity index (χ0v) is 10.5. The van der Waals surface area contributed by atoms with Gasteiger partial charge in [0.2, 0.25) is 5.91 Å². The van der Waals surface area contributed by atoms with Gasteiger partial charge in [-0.2, -0.15) is 0 Å². The summed E-state index contributed by atoms with van der Waals surface area (Å²) in [6.07, 6.45) is 0. The van der Waals surface area contributed by atoms with Gasteiger partial charge in [-0.05, 0) is 19.1 Å². The van der Waals surface area contributed by atoms with Crippen LogP contribution in [0.5, 0.6) is 11.5 Å². The van der Waals surface area contributed by atoms with Crippen molar-refractivity contribution >= 4 is 11.6 Å². The Labute approximate surface area is 106 Å². The molecule has 0 bridgehead atoms. The lowest BCUT2D eigenvalue weighted by molar-refractivity contribution is -0.117. The van der Waals surface area contributed by atoms with Gasteiger partial charge in [-0.15, -0.1) is 0 Å². The number of carbonyl (C=O) groups is 1. The molecule has 1 amide bonds. The van der Waals surface area contributed by atoms with Gasteiger partial charge in [0.25, 0.3) is 0 Å². The van der Waals surface area contributed by atoms with Crippen LogP contribution in [-0.2, 0) is 4.79 Å². The van der Waals surface area contributed by atoms with Crippen molar-refractivity contribution in [2.24, 2.45) is 5.73 Å². The van der Waals surface area contributed by atoms with Crippen molar-refractivity contribution in [1.29, 1.82) is 0 Å². The van der Waals surface area contributed by atoms with Gasteiger partial charge in [0.15, 0.2) is 11.5 Å². The number of ether oxygens (including phenoxy) is 2. The van der Waals surface area contributed by atoms with Gasteiger partial charge in [0.1, 0.15) is 6.61 Å². The molecule has 1 aromatic carbocycles. The first-order chi connectivity index (χ1) is 8.58. The Bertz CT molecular complexity index is 407. The quantitative estimate of drug-likeness (QED) is 0.681. The Morgan fingerprint density at radius 2 is 2.22 bits per heavy atom. The van der Waals surface area contributed by atoms with Crippen molar-refractivity contribution in [3.05, 3.63) is 18.2 Å². The van der Waals surface area contributed by atoms with Gasteiger partial charge in [-0.25, -0.2) is 0 Å². The minimum Gasteiger partial charge on any atom is -0.493 e. The molecule has 0 fully saturated rings. The largest absolute Gasteiger partial charge is 0.493 e. The van der Waals surface area contributed by atoms with E-state index >= 15 is 0 Å². The number of hydrogen-bond donors (Lipinski definition) is 3. The Morgan fingerprint density at radius 1 is 1.50 bits per heavy atom. The van der Waals surface area contributed by atoms with Crippen LogP contribution in [0.4, 0.5) is 5.69 Å². The summed E-state index contributed by atoms with van der Waals surface area (Å²) in [5, 5.41) is 11.4. The van der Waals surface area contributed by atoms with Crippen LogP contribution in [0, 0.1) is 0 Å². The SMILES string of the molecule is COc1ccc(NC(=O)C(C)N)cc1OCCO. The smallest absolute Gasteiger partial charge is 0.241 e. The zero-order chi connectivity index (χ0) is 13.5. The molecule has 0 saturated heterocycles. The molecule has 6 heteroatoms. The van der Waals surface area contributed by atoms with Gasteiger partial charge in [-0.1, -0.05) is 0 Å². The van der Waals surface area contributed by atoms with Crippen molar-refractivity contribution in [2.45, 2.75) is 13.0 Å². The highest BCUT2D eigenvalue weighted by Crippen LogP contribution is 2.30. The van der Waals surface area contributed by atoms with Crippen LogP contribution in [0.3, 0.4) is 0 Å². The Balaban J connectivity index is 2.84. The number of aliphatic hydroxyl groups excluding tert-OH is 1. The van der Waals surface area contributed by atoms with E-state index in [1.165, 1.54) is 7.11 Å². The number of benzene rings is 1. The van der Waals surface area contributed by atoms with E-state index in [0.29, 0.717) is 17.2 Å². The third-order valence-corrected chi connectivity index (χ3v) is 2.19. The first-order valence-electron chi connectivity index (χ1n) is 5.56. The van der Waals surface area contributed by atoms with Crippen LogP contribution in [0.25, 0.3) is 0 Å². The van der Waals surface area contributed by atoms with Crippen LogP contribution >= 0.6 is 0 Å². The van der Waals surface area contributed by atoms with E-state index in [-0.39, 0.29) is 19.1 Å². The number of hydrogen-bond acceptors (Lipinski definition) is 5. The van der Waals surface area contributed by atoms with Crippen LogP contribution in [-0.4, -0.2) is 37.4 Å². The molecule has 0 aromatic heterocycles. The van der Waals surface area contributed by atoms with Gasteiger partial charge in [0, 0.05) is 11.8 Å². The highest BCUT2D eigenvalue weighted by molar-refractivity contribution is 5.94. The van der Waals surface area contributed by atoms with Crippen LogP contribution in [0.15, 0.2) is 18.2 Å². The van der Waals surface area contributed by atoms with E-state index in [4.69, 9.17) is 20.3 Å². The molecule has 0 aliphatic heterocycles. The maximum atomic E-state index is 11.4. The standard InChI is InChI=1S/C12H18N2O4/c1-8(13)12(16)14-9-3-4-10(17-2)11(7-9)18-6-5-15/h3-4,7-8,15H,5-6,13H2,1-2H3,(H,14,16). The molecule has 0 saturated carbocycles. The fraction of sp³-hybridized carbons (Fsp3) is 0.417. The maximum absolute atomic E-state index is 11.4. The van der Waals surface area contributed by atoms with E-state index in [9.17, 15) is 4.79 Å². The average Bonchev–Trinajstić information content (AvgIpc) is 2.36. The van der Waals surface area contributed by atoms with E-state index in [2.05, 4.69) is 5.32 Å². The van der Waals surface area contributed by atoms with Gasteiger partial charge < -0.3 is 25.6 Å². The van der Waals surface area contributed by atoms with E-state index < -0.39 is 6.04 Å². The lowest BCUT2D eigenvalue weighted by atomic mass is 10.2. The van der Waals surface area contributed by atoms with Gasteiger partial charge in [-0.3, -0.25) is 4.79 Å². The van der Waals surface area contributed by atoms with Crippen molar-refractivity contribution in [3.63, 3.8) is 0 Å². The highest BCUT2D eigenvalue weighted by Gasteiger charge is 2.10. The van der Waals surface area contributed by atoms with E-state index in [1.54, 1.807) is 25.1 Å². The Hall–Kier alpha value is -1.79. The second kappa shape index (κ2) is 6.83. The minimum atomic E-state index is -0.589. The van der Waals surface area contributed by atoms with Crippen molar-refractivity contribution < 1.29 is 19.4 Å². The van der Waals surface area contributed by atoms with Crippen molar-refractivity contribution in [3.8, 4) is 11.5 Å². The molecule has 0 aliphatic rings. The highest BCUT2D eigenvalue weighted by atomic mass is 16.5. The molecule has 18 heavy (non-hydrogen) atoms. The lowest BCUT2D eigenvalue weighted by Gasteiger charge is -2.13. The summed E-state index contributed by atoms with van der Waals surface area (Å²) in [7, 11) is 1.52. The second-order valence-electron chi connectivity index (χ2n) is 3.72. The maximum Gasteiger partial charge on any atom is 0.241 e. The number of carbonyl (C=O) groups excluding carboxylic acids is 1. The van der Waals surface area contributed by atoms with Crippen LogP contribution < -0.4 is 20.5 Å². The summed E-state index contributed by atoms with van der Waals surface area (Å²) in [5.41, 5.74) is 6.02. The average molecular weight is 254 g/mol. The summed E-state index contributed by atoms with van der Waals surface area (Å²) in [4.78, 5) is 11.4. The molecule has 0 aliphatic carbocycles. The molecule has 0 radical (unpaired) electrons. The summed E-state index contributed by atoms with van der Waals surface area (Å²) in [6, 6.07) is 4.39. The molecule has 1 unspecified atom stereocenters. The Morgan fingerprint density at radius 3 is 2.78 bits per heavy atom. The third kappa shape index (κ3) is 3.90. The molecule has 1 atom stereocenters. The lowest BCUT2D eigenvalue weighted by Crippen LogP contribution is -2.32. The fourth-order valence-corrected chi connectivity index (χ4v) is 1.28. The normalized spacial score (nSPS) is 11.8. The first-order valence-corrected chi connectivity index (χ1v) is 5.56. The molecular weight excluding hydrogens is 236 g/mol. The molecule has 1 rings (SSSR count). The molecule has 1 aromatic rings. The number of nitrogens with one attached hydrogen (secondary N) is 1. The molecule has 4 N–H and O–H groups in total. The topological polar surface area (TPSA) is 93.8 Å². The summed E-state index contributed by atoms with van der Waals surface area (Å²) in [6.45, 7) is 1.66. The third-order valence-electron chi connectivity index (χ3n) is 2.19.